The lowest BCUT2D eigenvalue weighted by molar-refractivity contribution is 0.329. The second-order valence-corrected chi connectivity index (χ2v) is 6.90. The summed E-state index contributed by atoms with van der Waals surface area (Å²) in [5.74, 6) is 1.24. The molecule has 1 fully saturated rings. The summed E-state index contributed by atoms with van der Waals surface area (Å²) in [6.07, 6.45) is 2.73. The first kappa shape index (κ1) is 12.5. The summed E-state index contributed by atoms with van der Waals surface area (Å²) in [7, 11) is -2.93. The van der Waals surface area contributed by atoms with Crippen LogP contribution in [0.5, 0.6) is 0 Å². The van der Waals surface area contributed by atoms with Gasteiger partial charge in [0.25, 0.3) is 0 Å². The van der Waals surface area contributed by atoms with Crippen LogP contribution in [0.2, 0.25) is 0 Å². The van der Waals surface area contributed by atoms with E-state index in [1.165, 1.54) is 6.33 Å². The molecule has 6 nitrogen and oxygen atoms in total. The lowest BCUT2D eigenvalue weighted by Gasteiger charge is -2.25. The van der Waals surface area contributed by atoms with Crippen LogP contribution in [-0.4, -0.2) is 41.2 Å². The molecule has 17 heavy (non-hydrogen) atoms. The third-order valence-corrected chi connectivity index (χ3v) is 5.31. The van der Waals surface area contributed by atoms with Crippen molar-refractivity contribution in [2.75, 3.05) is 18.1 Å². The molecule has 0 radical (unpaired) electrons. The van der Waals surface area contributed by atoms with Gasteiger partial charge >= 0.3 is 0 Å². The zero-order valence-corrected chi connectivity index (χ0v) is 10.8. The van der Waals surface area contributed by atoms with Crippen LogP contribution in [0, 0.1) is 5.41 Å². The molecule has 0 aliphatic carbocycles. The monoisotopic (exact) mass is 258 g/mol. The molecule has 1 aliphatic rings. The van der Waals surface area contributed by atoms with Crippen molar-refractivity contribution in [2.45, 2.75) is 26.3 Å². The highest BCUT2D eigenvalue weighted by atomic mass is 32.2. The van der Waals surface area contributed by atoms with Crippen molar-refractivity contribution in [3.63, 3.8) is 0 Å². The summed E-state index contributed by atoms with van der Waals surface area (Å²) in [5.41, 5.74) is 5.43. The van der Waals surface area contributed by atoms with Crippen molar-refractivity contribution in [1.82, 2.24) is 14.8 Å². The van der Waals surface area contributed by atoms with E-state index in [1.807, 2.05) is 6.92 Å². The molecule has 1 aliphatic heterocycles. The molecule has 1 aromatic heterocycles. The third-order valence-electron chi connectivity index (χ3n) is 3.43. The minimum absolute atomic E-state index is 0.174. The Bertz CT molecular complexity index is 496. The fraction of sp³-hybridized carbons (Fsp3) is 0.800. The molecule has 1 saturated heterocycles. The first-order chi connectivity index (χ1) is 8.00. The van der Waals surface area contributed by atoms with Gasteiger partial charge in [-0.2, -0.15) is 5.10 Å². The van der Waals surface area contributed by atoms with Gasteiger partial charge in [0.1, 0.15) is 12.2 Å². The Labute approximate surface area is 101 Å². The third kappa shape index (κ3) is 2.50. The van der Waals surface area contributed by atoms with Gasteiger partial charge in [-0.15, -0.1) is 0 Å². The van der Waals surface area contributed by atoms with Crippen molar-refractivity contribution < 1.29 is 8.42 Å². The van der Waals surface area contributed by atoms with Crippen LogP contribution in [0.15, 0.2) is 6.33 Å². The van der Waals surface area contributed by atoms with E-state index >= 15 is 0 Å². The topological polar surface area (TPSA) is 90.9 Å². The van der Waals surface area contributed by atoms with Crippen LogP contribution < -0.4 is 5.73 Å². The lowest BCUT2D eigenvalue weighted by Crippen LogP contribution is -2.35. The Kier molecular flexibility index (Phi) is 3.22. The van der Waals surface area contributed by atoms with Gasteiger partial charge in [0, 0.05) is 18.4 Å². The number of nitrogens with two attached hydrogens (primary N) is 1. The standard InChI is InChI=1S/C10H18N4O2S/c1-2-14-9(12-8-13-14)5-10(6-11)3-4-17(15,16)7-10/h8H,2-7,11H2,1H3. The van der Waals surface area contributed by atoms with E-state index in [1.54, 1.807) is 4.68 Å². The SMILES string of the molecule is CCn1ncnc1CC1(CN)CCS(=O)(=O)C1. The lowest BCUT2D eigenvalue weighted by atomic mass is 9.84. The summed E-state index contributed by atoms with van der Waals surface area (Å²) in [6.45, 7) is 3.10. The largest absolute Gasteiger partial charge is 0.330 e. The second kappa shape index (κ2) is 4.38. The summed E-state index contributed by atoms with van der Waals surface area (Å²) in [6, 6.07) is 0. The molecule has 0 amide bonds. The first-order valence-corrected chi connectivity index (χ1v) is 7.60. The molecule has 0 bridgehead atoms. The van der Waals surface area contributed by atoms with Gasteiger partial charge in [-0.25, -0.2) is 13.4 Å². The first-order valence-electron chi connectivity index (χ1n) is 5.77. The van der Waals surface area contributed by atoms with Gasteiger partial charge in [0.15, 0.2) is 9.84 Å². The number of sulfone groups is 1. The highest BCUT2D eigenvalue weighted by Gasteiger charge is 2.42. The molecule has 1 atom stereocenters. The van der Waals surface area contributed by atoms with Crippen molar-refractivity contribution >= 4 is 9.84 Å². The Morgan fingerprint density at radius 1 is 1.59 bits per heavy atom. The Hall–Kier alpha value is -0.950. The Balaban J connectivity index is 2.22. The van der Waals surface area contributed by atoms with E-state index < -0.39 is 9.84 Å². The smallest absolute Gasteiger partial charge is 0.150 e. The summed E-state index contributed by atoms with van der Waals surface area (Å²) >= 11 is 0. The number of nitrogens with zero attached hydrogens (tertiary/aromatic N) is 3. The van der Waals surface area contributed by atoms with Crippen LogP contribution in [0.4, 0.5) is 0 Å². The van der Waals surface area contributed by atoms with Gasteiger partial charge in [0.05, 0.1) is 11.5 Å². The van der Waals surface area contributed by atoms with E-state index in [2.05, 4.69) is 10.1 Å². The maximum atomic E-state index is 11.6. The minimum atomic E-state index is -2.93. The number of hydrogen-bond donors (Lipinski definition) is 1. The highest BCUT2D eigenvalue weighted by molar-refractivity contribution is 7.91. The molecule has 0 saturated carbocycles. The normalized spacial score (nSPS) is 27.4. The van der Waals surface area contributed by atoms with Crippen molar-refractivity contribution in [2.24, 2.45) is 11.1 Å². The molecule has 7 heteroatoms. The minimum Gasteiger partial charge on any atom is -0.330 e. The summed E-state index contributed by atoms with van der Waals surface area (Å²) in [4.78, 5) is 4.19. The van der Waals surface area contributed by atoms with Crippen molar-refractivity contribution in [3.05, 3.63) is 12.2 Å². The fourth-order valence-corrected chi connectivity index (χ4v) is 4.57. The number of aromatic nitrogens is 3. The predicted octanol–water partition coefficient (Wildman–Crippen LogP) is -0.396. The van der Waals surface area contributed by atoms with Crippen molar-refractivity contribution in [1.29, 1.82) is 0 Å². The maximum Gasteiger partial charge on any atom is 0.150 e. The van der Waals surface area contributed by atoms with Gasteiger partial charge < -0.3 is 5.73 Å². The van der Waals surface area contributed by atoms with Gasteiger partial charge in [-0.3, -0.25) is 4.68 Å². The molecule has 2 rings (SSSR count). The molecule has 96 valence electrons. The predicted molar refractivity (Wildman–Crippen MR) is 64.2 cm³/mol. The average molecular weight is 258 g/mol. The zero-order valence-electron chi connectivity index (χ0n) is 9.96. The highest BCUT2D eigenvalue weighted by Crippen LogP contribution is 2.34. The van der Waals surface area contributed by atoms with Crippen LogP contribution in [0.3, 0.4) is 0 Å². The van der Waals surface area contributed by atoms with Gasteiger partial charge in [-0.05, 0) is 19.9 Å². The molecule has 2 N–H and O–H groups in total. The van der Waals surface area contributed by atoms with Crippen LogP contribution in [-0.2, 0) is 22.8 Å². The molecular formula is C10H18N4O2S. The number of aryl methyl sites for hydroxylation is 1. The number of hydrogen-bond acceptors (Lipinski definition) is 5. The van der Waals surface area contributed by atoms with Gasteiger partial charge in [-0.1, -0.05) is 0 Å². The van der Waals surface area contributed by atoms with Crippen LogP contribution in [0.1, 0.15) is 19.2 Å². The van der Waals surface area contributed by atoms with Crippen molar-refractivity contribution in [3.8, 4) is 0 Å². The Morgan fingerprint density at radius 2 is 2.35 bits per heavy atom. The molecule has 0 spiro atoms. The zero-order chi connectivity index (χ0) is 12.5. The van der Waals surface area contributed by atoms with Gasteiger partial charge in [0.2, 0.25) is 0 Å². The Morgan fingerprint density at radius 3 is 2.88 bits per heavy atom. The van der Waals surface area contributed by atoms with E-state index in [0.29, 0.717) is 19.4 Å². The van der Waals surface area contributed by atoms with Crippen LogP contribution >= 0.6 is 0 Å². The molecule has 2 heterocycles. The van der Waals surface area contributed by atoms with E-state index in [-0.39, 0.29) is 16.9 Å². The van der Waals surface area contributed by atoms with E-state index in [4.69, 9.17) is 5.73 Å². The van der Waals surface area contributed by atoms with Crippen LogP contribution in [0.25, 0.3) is 0 Å². The summed E-state index contributed by atoms with van der Waals surface area (Å²) < 4.78 is 25.0. The van der Waals surface area contributed by atoms with E-state index in [9.17, 15) is 8.42 Å². The molecular weight excluding hydrogens is 240 g/mol. The summed E-state index contributed by atoms with van der Waals surface area (Å²) in [5, 5.41) is 4.09. The maximum absolute atomic E-state index is 11.6. The fourth-order valence-electron chi connectivity index (χ4n) is 2.38. The molecule has 1 unspecified atom stereocenters. The quantitative estimate of drug-likeness (QED) is 0.794. The number of rotatable bonds is 4. The van der Waals surface area contributed by atoms with E-state index in [0.717, 1.165) is 12.4 Å². The molecule has 1 aromatic rings. The molecule has 0 aromatic carbocycles. The average Bonchev–Trinajstić information content (AvgIpc) is 2.84. The second-order valence-electron chi connectivity index (χ2n) is 4.71.